The zero-order chi connectivity index (χ0) is 15.5. The summed E-state index contributed by atoms with van der Waals surface area (Å²) in [6.45, 7) is 3.19. The second-order valence-corrected chi connectivity index (χ2v) is 5.26. The van der Waals surface area contributed by atoms with E-state index in [0.29, 0.717) is 0 Å². The molecule has 1 rings (SSSR count). The number of rotatable bonds is 5. The summed E-state index contributed by atoms with van der Waals surface area (Å²) in [5.41, 5.74) is -0.592. The summed E-state index contributed by atoms with van der Waals surface area (Å²) >= 11 is 0. The molecule has 9 heteroatoms. The Balaban J connectivity index is 0.00000400. The Morgan fingerprint density at radius 3 is 2.14 bits per heavy atom. The van der Waals surface area contributed by atoms with Crippen LogP contribution in [0.2, 0.25) is 0 Å². The molecule has 0 aromatic heterocycles. The summed E-state index contributed by atoms with van der Waals surface area (Å²) in [5.74, 6) is -2.50. The number of ether oxygens (including phenoxy) is 1. The molecular formula is C12H13NaO7S. The smallest absolute Gasteiger partial charge is 0.545 e. The fourth-order valence-electron chi connectivity index (χ4n) is 1.75. The number of carboxylic acid groups (broad SMARTS) is 1. The van der Waals surface area contributed by atoms with Gasteiger partial charge in [0.25, 0.3) is 10.1 Å². The molecule has 0 fully saturated rings. The van der Waals surface area contributed by atoms with Crippen molar-refractivity contribution < 1.29 is 62.0 Å². The molecule has 0 saturated carbocycles. The molecule has 0 radical (unpaired) electrons. The Morgan fingerprint density at radius 2 is 1.76 bits per heavy atom. The number of hydrogen-bond acceptors (Lipinski definition) is 6. The molecule has 21 heavy (non-hydrogen) atoms. The third kappa shape index (κ3) is 4.79. The van der Waals surface area contributed by atoms with Crippen LogP contribution in [0.3, 0.4) is 0 Å². The third-order valence-corrected chi connectivity index (χ3v) is 3.42. The second kappa shape index (κ2) is 7.90. The topological polar surface area (TPSA) is 121 Å². The van der Waals surface area contributed by atoms with Crippen molar-refractivity contribution in [3.05, 3.63) is 28.8 Å². The maximum absolute atomic E-state index is 11.8. The van der Waals surface area contributed by atoms with Crippen molar-refractivity contribution in [1.29, 1.82) is 0 Å². The zero-order valence-corrected chi connectivity index (χ0v) is 14.7. The quantitative estimate of drug-likeness (QED) is 0.349. The van der Waals surface area contributed by atoms with Gasteiger partial charge in [-0.1, -0.05) is 6.92 Å². The first-order chi connectivity index (χ1) is 9.22. The average molecular weight is 324 g/mol. The summed E-state index contributed by atoms with van der Waals surface area (Å²) in [7, 11) is -4.65. The molecular weight excluding hydrogens is 311 g/mol. The normalized spacial score (nSPS) is 10.6. The molecule has 0 saturated heterocycles. The number of carbonyl (C=O) groups excluding carboxylic acids is 2. The zero-order valence-electron chi connectivity index (χ0n) is 11.9. The molecule has 0 heterocycles. The van der Waals surface area contributed by atoms with Gasteiger partial charge in [0, 0.05) is 5.56 Å². The van der Waals surface area contributed by atoms with Crippen LogP contribution in [0.1, 0.15) is 40.1 Å². The van der Waals surface area contributed by atoms with Crippen LogP contribution in [-0.4, -0.2) is 31.5 Å². The van der Waals surface area contributed by atoms with Crippen LogP contribution in [-0.2, 0) is 21.3 Å². The average Bonchev–Trinajstić information content (AvgIpc) is 2.36. The number of benzene rings is 1. The minimum Gasteiger partial charge on any atom is -0.545 e. The van der Waals surface area contributed by atoms with Gasteiger partial charge < -0.3 is 14.6 Å². The van der Waals surface area contributed by atoms with Gasteiger partial charge in [0.1, 0.15) is 0 Å². The monoisotopic (exact) mass is 324 g/mol. The Bertz CT molecular complexity index is 652. The Labute approximate surface area is 144 Å². The first-order valence-electron chi connectivity index (χ1n) is 5.75. The molecule has 0 unspecified atom stereocenters. The molecule has 0 aliphatic rings. The minimum atomic E-state index is -4.65. The number of aromatic carboxylic acids is 1. The van der Waals surface area contributed by atoms with Crippen molar-refractivity contribution in [3.8, 4) is 0 Å². The summed E-state index contributed by atoms with van der Waals surface area (Å²) < 4.78 is 36.0. The maximum Gasteiger partial charge on any atom is 1.00 e. The number of carboxylic acids is 1. The molecule has 0 amide bonds. The van der Waals surface area contributed by atoms with Crippen molar-refractivity contribution in [2.75, 3.05) is 6.61 Å². The largest absolute Gasteiger partial charge is 1.00 e. The molecule has 0 aliphatic heterocycles. The van der Waals surface area contributed by atoms with E-state index in [1.54, 1.807) is 13.8 Å². The summed E-state index contributed by atoms with van der Waals surface area (Å²) in [4.78, 5) is 22.1. The van der Waals surface area contributed by atoms with Crippen LogP contribution in [0.5, 0.6) is 0 Å². The third-order valence-electron chi connectivity index (χ3n) is 2.59. The molecule has 110 valence electrons. The van der Waals surface area contributed by atoms with E-state index in [1.165, 1.54) is 0 Å². The maximum atomic E-state index is 11.8. The van der Waals surface area contributed by atoms with Gasteiger partial charge in [-0.05, 0) is 31.0 Å². The van der Waals surface area contributed by atoms with E-state index >= 15 is 0 Å². The van der Waals surface area contributed by atoms with E-state index in [-0.39, 0.29) is 53.7 Å². The van der Waals surface area contributed by atoms with Crippen LogP contribution in [0.15, 0.2) is 17.0 Å². The van der Waals surface area contributed by atoms with Crippen molar-refractivity contribution in [1.82, 2.24) is 0 Å². The van der Waals surface area contributed by atoms with E-state index in [1.807, 2.05) is 0 Å². The van der Waals surface area contributed by atoms with Crippen LogP contribution < -0.4 is 34.7 Å². The van der Waals surface area contributed by atoms with Gasteiger partial charge in [-0.3, -0.25) is 4.55 Å². The predicted molar refractivity (Wildman–Crippen MR) is 65.9 cm³/mol. The Kier molecular flexibility index (Phi) is 7.55. The van der Waals surface area contributed by atoms with Gasteiger partial charge in [0.15, 0.2) is 0 Å². The van der Waals surface area contributed by atoms with E-state index in [2.05, 4.69) is 0 Å². The van der Waals surface area contributed by atoms with Gasteiger partial charge >= 0.3 is 35.5 Å². The van der Waals surface area contributed by atoms with E-state index in [9.17, 15) is 23.1 Å². The molecule has 0 spiro atoms. The van der Waals surface area contributed by atoms with E-state index in [4.69, 9.17) is 9.29 Å². The van der Waals surface area contributed by atoms with Gasteiger partial charge in [0.2, 0.25) is 0 Å². The molecule has 7 nitrogen and oxygen atoms in total. The fraction of sp³-hybridized carbons (Fsp3) is 0.333. The van der Waals surface area contributed by atoms with Crippen LogP contribution >= 0.6 is 0 Å². The SMILES string of the molecule is CCOC(=O)c1cc(S(=O)(=O)O)cc(C(=O)[O-])c1CC.[Na+]. The summed E-state index contributed by atoms with van der Waals surface area (Å²) in [6.07, 6.45) is 0.156. The van der Waals surface area contributed by atoms with Crippen molar-refractivity contribution in [3.63, 3.8) is 0 Å². The van der Waals surface area contributed by atoms with Crippen LogP contribution in [0.25, 0.3) is 0 Å². The molecule has 0 bridgehead atoms. The van der Waals surface area contributed by atoms with Gasteiger partial charge in [-0.15, -0.1) is 0 Å². The standard InChI is InChI=1S/C12H14O7S.Na/c1-3-8-9(11(13)14)5-7(20(16,17)18)6-10(8)12(15)19-4-2;/h5-6H,3-4H2,1-2H3,(H,13,14)(H,16,17,18);/q;+1/p-1. The number of carbonyl (C=O) groups is 2. The van der Waals surface area contributed by atoms with Gasteiger partial charge in [0.05, 0.1) is 23.0 Å². The van der Waals surface area contributed by atoms with E-state index < -0.39 is 32.5 Å². The molecule has 0 atom stereocenters. The van der Waals surface area contributed by atoms with Crippen molar-refractivity contribution in [2.24, 2.45) is 0 Å². The minimum absolute atomic E-state index is 0. The summed E-state index contributed by atoms with van der Waals surface area (Å²) in [5, 5.41) is 11.1. The first-order valence-corrected chi connectivity index (χ1v) is 7.19. The van der Waals surface area contributed by atoms with Crippen LogP contribution in [0, 0.1) is 0 Å². The van der Waals surface area contributed by atoms with E-state index in [0.717, 1.165) is 12.1 Å². The Morgan fingerprint density at radius 1 is 1.24 bits per heavy atom. The van der Waals surface area contributed by atoms with Gasteiger partial charge in [-0.25, -0.2) is 4.79 Å². The Hall–Kier alpha value is -0.930. The fourth-order valence-corrected chi connectivity index (χ4v) is 2.28. The molecule has 1 aromatic rings. The molecule has 0 aliphatic carbocycles. The first kappa shape index (κ1) is 20.1. The number of esters is 1. The van der Waals surface area contributed by atoms with Crippen molar-refractivity contribution in [2.45, 2.75) is 25.2 Å². The van der Waals surface area contributed by atoms with Gasteiger partial charge in [-0.2, -0.15) is 8.42 Å². The van der Waals surface area contributed by atoms with Crippen LogP contribution in [0.4, 0.5) is 0 Å². The molecule has 1 N–H and O–H groups in total. The van der Waals surface area contributed by atoms with Crippen molar-refractivity contribution >= 4 is 22.1 Å². The predicted octanol–water partition coefficient (Wildman–Crippen LogP) is -2.96. The number of hydrogen-bond donors (Lipinski definition) is 1. The summed E-state index contributed by atoms with van der Waals surface area (Å²) in [6, 6.07) is 1.64. The molecule has 1 aromatic carbocycles. The second-order valence-electron chi connectivity index (χ2n) is 3.83.